The van der Waals surface area contributed by atoms with Crippen LogP contribution in [0.5, 0.6) is 5.75 Å². The Kier molecular flexibility index (Phi) is 5.74. The van der Waals surface area contributed by atoms with Crippen LogP contribution in [-0.2, 0) is 20.7 Å². The number of aryl methyl sites for hydroxylation is 1. The van der Waals surface area contributed by atoms with Crippen LogP contribution in [-0.4, -0.2) is 25.0 Å². The number of para-hydroxylation sites is 1. The maximum atomic E-state index is 12.1. The molecular formula is C16H22O4. The largest absolute Gasteiger partial charge is 0.486 e. The predicted octanol–water partition coefficient (Wildman–Crippen LogP) is 2.79. The Morgan fingerprint density at radius 3 is 2.40 bits per heavy atom. The van der Waals surface area contributed by atoms with Crippen molar-refractivity contribution in [3.05, 3.63) is 29.8 Å². The number of benzene rings is 1. The van der Waals surface area contributed by atoms with E-state index in [0.29, 0.717) is 5.75 Å². The van der Waals surface area contributed by atoms with Crippen LogP contribution in [0.1, 0.15) is 33.3 Å². The summed E-state index contributed by atoms with van der Waals surface area (Å²) >= 11 is 0. The molecule has 0 aromatic heterocycles. The molecule has 0 aliphatic carbocycles. The second kappa shape index (κ2) is 7.08. The molecule has 20 heavy (non-hydrogen) atoms. The number of Topliss-reactive ketones (excluding diaryl/α,β-unsaturated/α-hetero) is 1. The van der Waals surface area contributed by atoms with Gasteiger partial charge in [-0.2, -0.15) is 0 Å². The molecule has 1 aromatic carbocycles. The van der Waals surface area contributed by atoms with E-state index in [4.69, 9.17) is 9.47 Å². The molecule has 0 fully saturated rings. The first-order chi connectivity index (χ1) is 9.43. The van der Waals surface area contributed by atoms with E-state index >= 15 is 0 Å². The zero-order valence-corrected chi connectivity index (χ0v) is 12.6. The molecule has 1 aromatic rings. The minimum absolute atomic E-state index is 0.136. The maximum absolute atomic E-state index is 12.1. The molecule has 0 unspecified atom stereocenters. The van der Waals surface area contributed by atoms with Gasteiger partial charge in [-0.05, 0) is 38.8 Å². The van der Waals surface area contributed by atoms with Crippen LogP contribution in [0, 0.1) is 5.41 Å². The minimum atomic E-state index is -1.18. The molecule has 110 valence electrons. The van der Waals surface area contributed by atoms with Crippen molar-refractivity contribution in [3.63, 3.8) is 0 Å². The van der Waals surface area contributed by atoms with E-state index in [1.807, 2.05) is 31.2 Å². The number of hydrogen-bond donors (Lipinski definition) is 0. The van der Waals surface area contributed by atoms with Gasteiger partial charge in [0.15, 0.2) is 5.78 Å². The molecule has 0 heterocycles. The number of ether oxygens (including phenoxy) is 2. The number of carbonyl (C=O) groups is 2. The molecule has 0 saturated heterocycles. The Morgan fingerprint density at radius 1 is 1.15 bits per heavy atom. The van der Waals surface area contributed by atoms with Gasteiger partial charge in [-0.25, -0.2) is 0 Å². The highest BCUT2D eigenvalue weighted by Gasteiger charge is 2.37. The molecular weight excluding hydrogens is 256 g/mol. The molecule has 0 aliphatic rings. The lowest BCUT2D eigenvalue weighted by Crippen LogP contribution is -2.38. The number of hydrogen-bond acceptors (Lipinski definition) is 4. The van der Waals surface area contributed by atoms with Gasteiger partial charge in [0.2, 0.25) is 0 Å². The average molecular weight is 278 g/mol. The SMILES string of the molecule is CCOC(=O)C(C)(C)C(=O)COc1ccccc1CC. The summed E-state index contributed by atoms with van der Waals surface area (Å²) in [5, 5.41) is 0. The van der Waals surface area contributed by atoms with Crippen molar-refractivity contribution in [1.29, 1.82) is 0 Å². The van der Waals surface area contributed by atoms with Gasteiger partial charge in [-0.3, -0.25) is 9.59 Å². The first-order valence-corrected chi connectivity index (χ1v) is 6.84. The van der Waals surface area contributed by atoms with Gasteiger partial charge in [0.1, 0.15) is 17.8 Å². The number of ketones is 1. The molecule has 0 radical (unpaired) electrons. The minimum Gasteiger partial charge on any atom is -0.486 e. The Balaban J connectivity index is 2.69. The average Bonchev–Trinajstić information content (AvgIpc) is 2.45. The second-order valence-electron chi connectivity index (χ2n) is 5.02. The van der Waals surface area contributed by atoms with Gasteiger partial charge in [0.05, 0.1) is 6.61 Å². The summed E-state index contributed by atoms with van der Waals surface area (Å²) < 4.78 is 10.5. The molecule has 4 heteroatoms. The van der Waals surface area contributed by atoms with Gasteiger partial charge in [0, 0.05) is 0 Å². The summed E-state index contributed by atoms with van der Waals surface area (Å²) in [4.78, 5) is 23.9. The molecule has 0 atom stereocenters. The Morgan fingerprint density at radius 2 is 1.80 bits per heavy atom. The Bertz CT molecular complexity index is 477. The third kappa shape index (κ3) is 3.83. The van der Waals surface area contributed by atoms with Crippen molar-refractivity contribution in [3.8, 4) is 5.75 Å². The summed E-state index contributed by atoms with van der Waals surface area (Å²) in [6.45, 7) is 6.97. The highest BCUT2D eigenvalue weighted by atomic mass is 16.5. The van der Waals surface area contributed by atoms with E-state index in [9.17, 15) is 9.59 Å². The topological polar surface area (TPSA) is 52.6 Å². The molecule has 0 spiro atoms. The van der Waals surface area contributed by atoms with Crippen molar-refractivity contribution in [2.75, 3.05) is 13.2 Å². The van der Waals surface area contributed by atoms with Crippen LogP contribution in [0.3, 0.4) is 0 Å². The molecule has 0 saturated carbocycles. The summed E-state index contributed by atoms with van der Waals surface area (Å²) in [6, 6.07) is 7.56. The molecule has 4 nitrogen and oxygen atoms in total. The van der Waals surface area contributed by atoms with Crippen molar-refractivity contribution in [2.24, 2.45) is 5.41 Å². The second-order valence-corrected chi connectivity index (χ2v) is 5.02. The van der Waals surface area contributed by atoms with Gasteiger partial charge in [0.25, 0.3) is 0 Å². The quantitative estimate of drug-likeness (QED) is 0.568. The highest BCUT2D eigenvalue weighted by molar-refractivity contribution is 6.03. The molecule has 0 bridgehead atoms. The number of esters is 1. The molecule has 0 aliphatic heterocycles. The Hall–Kier alpha value is -1.84. The third-order valence-corrected chi connectivity index (χ3v) is 3.20. The standard InChI is InChI=1S/C16H22O4/c1-5-12-9-7-8-10-13(12)20-11-14(17)16(3,4)15(18)19-6-2/h7-10H,5-6,11H2,1-4H3. The van der Waals surface area contributed by atoms with Crippen molar-refractivity contribution in [2.45, 2.75) is 34.1 Å². The summed E-state index contributed by atoms with van der Waals surface area (Å²) in [6.07, 6.45) is 0.825. The number of rotatable bonds is 7. The maximum Gasteiger partial charge on any atom is 0.319 e. The summed E-state index contributed by atoms with van der Waals surface area (Å²) in [5.41, 5.74) is -0.147. The van der Waals surface area contributed by atoms with Crippen molar-refractivity contribution in [1.82, 2.24) is 0 Å². The molecule has 0 amide bonds. The van der Waals surface area contributed by atoms with Crippen molar-refractivity contribution >= 4 is 11.8 Å². The van der Waals surface area contributed by atoms with E-state index in [1.54, 1.807) is 20.8 Å². The zero-order valence-electron chi connectivity index (χ0n) is 12.6. The van der Waals surface area contributed by atoms with Crippen LogP contribution < -0.4 is 4.74 Å². The smallest absolute Gasteiger partial charge is 0.319 e. The lowest BCUT2D eigenvalue weighted by molar-refractivity contribution is -0.158. The summed E-state index contributed by atoms with van der Waals surface area (Å²) in [5.74, 6) is -0.123. The lowest BCUT2D eigenvalue weighted by atomic mass is 9.88. The molecule has 0 N–H and O–H groups in total. The van der Waals surface area contributed by atoms with Gasteiger partial charge < -0.3 is 9.47 Å². The van der Waals surface area contributed by atoms with Gasteiger partial charge >= 0.3 is 5.97 Å². The summed E-state index contributed by atoms with van der Waals surface area (Å²) in [7, 11) is 0. The van der Waals surface area contributed by atoms with Crippen LogP contribution in [0.25, 0.3) is 0 Å². The third-order valence-electron chi connectivity index (χ3n) is 3.20. The predicted molar refractivity (Wildman–Crippen MR) is 76.7 cm³/mol. The number of carbonyl (C=O) groups excluding carboxylic acids is 2. The van der Waals surface area contributed by atoms with E-state index in [0.717, 1.165) is 12.0 Å². The van der Waals surface area contributed by atoms with Gasteiger partial charge in [-0.1, -0.05) is 25.1 Å². The zero-order chi connectivity index (χ0) is 15.2. The monoisotopic (exact) mass is 278 g/mol. The van der Waals surface area contributed by atoms with Crippen LogP contribution >= 0.6 is 0 Å². The lowest BCUT2D eigenvalue weighted by Gasteiger charge is -2.21. The normalized spacial score (nSPS) is 11.0. The van der Waals surface area contributed by atoms with Crippen molar-refractivity contribution < 1.29 is 19.1 Å². The van der Waals surface area contributed by atoms with Crippen LogP contribution in [0.2, 0.25) is 0 Å². The van der Waals surface area contributed by atoms with E-state index in [1.165, 1.54) is 0 Å². The molecule has 1 rings (SSSR count). The fourth-order valence-corrected chi connectivity index (χ4v) is 1.69. The first kappa shape index (κ1) is 16.2. The van der Waals surface area contributed by atoms with E-state index in [-0.39, 0.29) is 19.0 Å². The fourth-order valence-electron chi connectivity index (χ4n) is 1.69. The fraction of sp³-hybridized carbons (Fsp3) is 0.500. The van der Waals surface area contributed by atoms with Crippen LogP contribution in [0.15, 0.2) is 24.3 Å². The van der Waals surface area contributed by atoms with E-state index < -0.39 is 11.4 Å². The highest BCUT2D eigenvalue weighted by Crippen LogP contribution is 2.22. The van der Waals surface area contributed by atoms with E-state index in [2.05, 4.69) is 0 Å². The first-order valence-electron chi connectivity index (χ1n) is 6.84. The van der Waals surface area contributed by atoms with Gasteiger partial charge in [-0.15, -0.1) is 0 Å². The Labute approximate surface area is 120 Å². The van der Waals surface area contributed by atoms with Crippen LogP contribution in [0.4, 0.5) is 0 Å².